The topological polar surface area (TPSA) is 131 Å². The lowest BCUT2D eigenvalue weighted by atomic mass is 10.0. The number of primary amides is 1. The van der Waals surface area contributed by atoms with E-state index in [2.05, 4.69) is 44.4 Å². The van der Waals surface area contributed by atoms with E-state index in [0.717, 1.165) is 18.8 Å². The molecular formula is C24H25FN8O2. The molecule has 2 atom stereocenters. The summed E-state index contributed by atoms with van der Waals surface area (Å²) in [6.45, 7) is 5.72. The molecular weight excluding hydrogens is 451 g/mol. The van der Waals surface area contributed by atoms with E-state index in [1.54, 1.807) is 25.4 Å². The first kappa shape index (κ1) is 22.7. The number of fused-ring (bicyclic) bond motifs is 2. The van der Waals surface area contributed by atoms with E-state index in [0.29, 0.717) is 16.3 Å². The summed E-state index contributed by atoms with van der Waals surface area (Å²) in [7, 11) is 1.70. The Morgan fingerprint density at radius 3 is 2.63 bits per heavy atom. The molecule has 1 saturated heterocycles. The van der Waals surface area contributed by atoms with Gasteiger partial charge in [-0.1, -0.05) is 0 Å². The predicted octanol–water partition coefficient (Wildman–Crippen LogP) is 2.19. The molecule has 5 rings (SSSR count). The number of hydrogen-bond acceptors (Lipinski definition) is 7. The first-order valence-electron chi connectivity index (χ1n) is 11.2. The summed E-state index contributed by atoms with van der Waals surface area (Å²) < 4.78 is 16.0. The molecule has 2 aromatic heterocycles. The Morgan fingerprint density at radius 2 is 1.91 bits per heavy atom. The van der Waals surface area contributed by atoms with Crippen LogP contribution >= 0.6 is 0 Å². The van der Waals surface area contributed by atoms with E-state index in [4.69, 9.17) is 5.73 Å². The van der Waals surface area contributed by atoms with Gasteiger partial charge in [0.15, 0.2) is 5.82 Å². The predicted molar refractivity (Wildman–Crippen MR) is 131 cm³/mol. The van der Waals surface area contributed by atoms with Crippen molar-refractivity contribution in [1.29, 1.82) is 0 Å². The van der Waals surface area contributed by atoms with Gasteiger partial charge >= 0.3 is 0 Å². The Labute approximate surface area is 200 Å². The normalized spacial score (nSPS) is 18.2. The molecule has 35 heavy (non-hydrogen) atoms. The first-order valence-corrected chi connectivity index (χ1v) is 11.2. The summed E-state index contributed by atoms with van der Waals surface area (Å²) in [6, 6.07) is 6.89. The largest absolute Gasteiger partial charge is 0.368 e. The fraction of sp³-hybridized carbons (Fsp3) is 0.292. The number of nitrogens with one attached hydrogen (secondary N) is 2. The quantitative estimate of drug-likeness (QED) is 0.411. The van der Waals surface area contributed by atoms with Gasteiger partial charge in [-0.15, -0.1) is 0 Å². The SMILES string of the molecule is C[C@H]1CN(c2ccc(C(=O)Nc3cc(F)c4nn(C)cc4c3)c3nc(C(N)=O)ncc23)C[C@H](C)N1. The zero-order valence-electron chi connectivity index (χ0n) is 19.5. The van der Waals surface area contributed by atoms with Crippen LogP contribution in [0.5, 0.6) is 0 Å². The zero-order valence-corrected chi connectivity index (χ0v) is 19.5. The smallest absolute Gasteiger partial charge is 0.286 e. The van der Waals surface area contributed by atoms with Crippen molar-refractivity contribution in [3.63, 3.8) is 0 Å². The third-order valence-electron chi connectivity index (χ3n) is 6.03. The van der Waals surface area contributed by atoms with E-state index in [1.807, 2.05) is 6.07 Å². The highest BCUT2D eigenvalue weighted by Crippen LogP contribution is 2.30. The number of aromatic nitrogens is 4. The molecule has 0 saturated carbocycles. The van der Waals surface area contributed by atoms with Crippen molar-refractivity contribution in [2.45, 2.75) is 25.9 Å². The summed E-state index contributed by atoms with van der Waals surface area (Å²) in [5.74, 6) is -2.02. The molecule has 1 aliphatic rings. The maximum absolute atomic E-state index is 14.5. The molecule has 2 aromatic carbocycles. The van der Waals surface area contributed by atoms with E-state index < -0.39 is 17.6 Å². The first-order chi connectivity index (χ1) is 16.7. The average molecular weight is 477 g/mol. The summed E-state index contributed by atoms with van der Waals surface area (Å²) >= 11 is 0. The zero-order chi connectivity index (χ0) is 24.9. The molecule has 0 bridgehead atoms. The number of hydrogen-bond donors (Lipinski definition) is 3. The fourth-order valence-electron chi connectivity index (χ4n) is 4.69. The van der Waals surface area contributed by atoms with E-state index in [-0.39, 0.29) is 34.7 Å². The third-order valence-corrected chi connectivity index (χ3v) is 6.03. The molecule has 0 spiro atoms. The second-order valence-electron chi connectivity index (χ2n) is 8.98. The highest BCUT2D eigenvalue weighted by Gasteiger charge is 2.25. The number of rotatable bonds is 4. The number of benzene rings is 2. The number of carbonyl (C=O) groups excluding carboxylic acids is 2. The van der Waals surface area contributed by atoms with Crippen LogP contribution in [0.4, 0.5) is 15.8 Å². The van der Waals surface area contributed by atoms with Crippen LogP contribution in [0.15, 0.2) is 36.7 Å². The minimum Gasteiger partial charge on any atom is -0.368 e. The van der Waals surface area contributed by atoms with Gasteiger partial charge in [0.2, 0.25) is 5.82 Å². The average Bonchev–Trinajstić information content (AvgIpc) is 3.18. The standard InChI is InChI=1S/C24H25FN8O2/c1-12-9-33(10-13(2)28-12)19-5-4-16(21-17(19)8-27-23(30-21)22(26)34)24(35)29-15-6-14-11-32(3)31-20(14)18(25)7-15/h4-8,11-13,28H,9-10H2,1-3H3,(H2,26,34)(H,29,35)/t12-,13-/m0/s1. The van der Waals surface area contributed by atoms with Crippen LogP contribution in [-0.2, 0) is 7.05 Å². The van der Waals surface area contributed by atoms with Crippen molar-refractivity contribution >= 4 is 45.0 Å². The molecule has 11 heteroatoms. The van der Waals surface area contributed by atoms with Gasteiger partial charge in [-0.25, -0.2) is 14.4 Å². The fourth-order valence-corrected chi connectivity index (χ4v) is 4.69. The Morgan fingerprint density at radius 1 is 1.17 bits per heavy atom. The minimum atomic E-state index is -0.794. The summed E-state index contributed by atoms with van der Waals surface area (Å²) in [5, 5.41) is 11.5. The number of nitrogens with zero attached hydrogens (tertiary/aromatic N) is 5. The maximum atomic E-state index is 14.5. The highest BCUT2D eigenvalue weighted by molar-refractivity contribution is 6.14. The molecule has 180 valence electrons. The van der Waals surface area contributed by atoms with Crippen LogP contribution in [0.3, 0.4) is 0 Å². The molecule has 0 radical (unpaired) electrons. The molecule has 0 unspecified atom stereocenters. The van der Waals surface area contributed by atoms with Crippen molar-refractivity contribution in [1.82, 2.24) is 25.1 Å². The number of amides is 2. The number of carbonyl (C=O) groups is 2. The van der Waals surface area contributed by atoms with Crippen LogP contribution in [0.1, 0.15) is 34.8 Å². The van der Waals surface area contributed by atoms with E-state index in [9.17, 15) is 14.0 Å². The second-order valence-corrected chi connectivity index (χ2v) is 8.98. The van der Waals surface area contributed by atoms with Gasteiger partial charge in [0.1, 0.15) is 5.52 Å². The molecule has 3 heterocycles. The second kappa shape index (κ2) is 8.58. The number of halogens is 1. The Bertz CT molecular complexity index is 1470. The van der Waals surface area contributed by atoms with Gasteiger partial charge in [0, 0.05) is 66.8 Å². The number of aryl methyl sites for hydroxylation is 1. The Kier molecular flexibility index (Phi) is 5.56. The summed E-state index contributed by atoms with van der Waals surface area (Å²) in [5.41, 5.74) is 7.28. The monoisotopic (exact) mass is 476 g/mol. The van der Waals surface area contributed by atoms with Gasteiger partial charge in [0.25, 0.3) is 11.8 Å². The summed E-state index contributed by atoms with van der Waals surface area (Å²) in [6.07, 6.45) is 3.19. The lowest BCUT2D eigenvalue weighted by Crippen LogP contribution is -2.54. The van der Waals surface area contributed by atoms with Gasteiger partial charge in [0.05, 0.1) is 11.1 Å². The van der Waals surface area contributed by atoms with Gasteiger partial charge < -0.3 is 21.3 Å². The molecule has 4 aromatic rings. The molecule has 10 nitrogen and oxygen atoms in total. The minimum absolute atomic E-state index is 0.187. The van der Waals surface area contributed by atoms with E-state index in [1.165, 1.54) is 16.9 Å². The third kappa shape index (κ3) is 4.26. The van der Waals surface area contributed by atoms with Crippen molar-refractivity contribution in [2.24, 2.45) is 12.8 Å². The van der Waals surface area contributed by atoms with Crippen molar-refractivity contribution in [3.8, 4) is 0 Å². The van der Waals surface area contributed by atoms with Crippen LogP contribution < -0.4 is 21.3 Å². The van der Waals surface area contributed by atoms with Gasteiger partial charge in [-0.2, -0.15) is 5.10 Å². The number of piperazine rings is 1. The molecule has 0 aliphatic carbocycles. The Hall–Kier alpha value is -4.12. The van der Waals surface area contributed by atoms with Gasteiger partial charge in [-0.05, 0) is 38.1 Å². The number of nitrogens with two attached hydrogens (primary N) is 1. The van der Waals surface area contributed by atoms with Crippen molar-refractivity contribution in [2.75, 3.05) is 23.3 Å². The lowest BCUT2D eigenvalue weighted by Gasteiger charge is -2.38. The number of anilines is 2. The van der Waals surface area contributed by atoms with Crippen molar-refractivity contribution < 1.29 is 14.0 Å². The Balaban J connectivity index is 1.57. The van der Waals surface area contributed by atoms with Crippen LogP contribution in [0.25, 0.3) is 21.8 Å². The van der Waals surface area contributed by atoms with E-state index >= 15 is 0 Å². The van der Waals surface area contributed by atoms with Crippen molar-refractivity contribution in [3.05, 3.63) is 53.9 Å². The van der Waals surface area contributed by atoms with Crippen LogP contribution in [0.2, 0.25) is 0 Å². The van der Waals surface area contributed by atoms with Gasteiger partial charge in [-0.3, -0.25) is 14.3 Å². The molecule has 1 aliphatic heterocycles. The maximum Gasteiger partial charge on any atom is 0.286 e. The highest BCUT2D eigenvalue weighted by atomic mass is 19.1. The molecule has 2 amide bonds. The molecule has 4 N–H and O–H groups in total. The lowest BCUT2D eigenvalue weighted by molar-refractivity contribution is 0.0987. The van der Waals surface area contributed by atoms with Crippen LogP contribution in [-0.4, -0.2) is 56.7 Å². The molecule has 1 fully saturated rings. The van der Waals surface area contributed by atoms with Crippen LogP contribution in [0, 0.1) is 5.82 Å². The summed E-state index contributed by atoms with van der Waals surface area (Å²) in [4.78, 5) is 35.7.